The highest BCUT2D eigenvalue weighted by molar-refractivity contribution is 5.79. The summed E-state index contributed by atoms with van der Waals surface area (Å²) in [7, 11) is 3.40. The fourth-order valence-electron chi connectivity index (χ4n) is 1.46. The van der Waals surface area contributed by atoms with Crippen molar-refractivity contribution in [3.8, 4) is 0 Å². The number of unbranched alkanes of at least 4 members (excludes halogenated alkanes) is 1. The van der Waals surface area contributed by atoms with Crippen LogP contribution in [0.25, 0.3) is 0 Å². The first-order valence-electron chi connectivity index (χ1n) is 5.91. The Morgan fingerprint density at radius 1 is 1.12 bits per heavy atom. The predicted molar refractivity (Wildman–Crippen MR) is 67.5 cm³/mol. The molecule has 0 amide bonds. The maximum Gasteiger partial charge on any atom is 0.140 e. The Bertz CT molecular complexity index is 200. The molecule has 0 aliphatic heterocycles. The number of amidine groups is 1. The van der Waals surface area contributed by atoms with Gasteiger partial charge in [-0.3, -0.25) is 0 Å². The molecule has 0 atom stereocenters. The highest BCUT2D eigenvalue weighted by atomic mass is 16.5. The van der Waals surface area contributed by atoms with Crippen molar-refractivity contribution in [1.29, 1.82) is 0 Å². The molecule has 0 saturated carbocycles. The quantitative estimate of drug-likeness (QED) is 0.183. The van der Waals surface area contributed by atoms with Crippen LogP contribution in [0.5, 0.6) is 0 Å². The number of nitrogens with two attached hydrogens (primary N) is 1. The number of rotatable bonds is 11. The molecule has 0 fully saturated rings. The Morgan fingerprint density at radius 3 is 2.41 bits per heavy atom. The first-order chi connectivity index (χ1) is 8.24. The van der Waals surface area contributed by atoms with Gasteiger partial charge in [0, 0.05) is 40.3 Å². The van der Waals surface area contributed by atoms with Crippen LogP contribution in [0.1, 0.15) is 19.3 Å². The second-order valence-electron chi connectivity index (χ2n) is 3.88. The largest absolute Gasteiger partial charge is 0.409 e. The van der Waals surface area contributed by atoms with Crippen LogP contribution in [0.4, 0.5) is 0 Å². The van der Waals surface area contributed by atoms with E-state index in [1.165, 1.54) is 0 Å². The summed E-state index contributed by atoms with van der Waals surface area (Å²) in [6.45, 7) is 4.11. The molecule has 0 aromatic heterocycles. The summed E-state index contributed by atoms with van der Waals surface area (Å²) in [4.78, 5) is 2.25. The molecule has 0 bridgehead atoms. The average molecular weight is 247 g/mol. The molecule has 0 aromatic rings. The minimum absolute atomic E-state index is 0.268. The zero-order valence-corrected chi connectivity index (χ0v) is 10.9. The molecule has 0 unspecified atom stereocenters. The van der Waals surface area contributed by atoms with E-state index in [-0.39, 0.29) is 5.84 Å². The maximum absolute atomic E-state index is 8.47. The van der Waals surface area contributed by atoms with E-state index in [0.29, 0.717) is 13.0 Å². The van der Waals surface area contributed by atoms with E-state index in [9.17, 15) is 0 Å². The van der Waals surface area contributed by atoms with Gasteiger partial charge in [0.25, 0.3) is 0 Å². The van der Waals surface area contributed by atoms with E-state index in [1.807, 2.05) is 0 Å². The van der Waals surface area contributed by atoms with E-state index >= 15 is 0 Å². The lowest BCUT2D eigenvalue weighted by molar-refractivity contribution is 0.143. The normalized spacial score (nSPS) is 12.3. The summed E-state index contributed by atoms with van der Waals surface area (Å²) in [6.07, 6.45) is 2.70. The molecule has 0 aliphatic carbocycles. The van der Waals surface area contributed by atoms with Gasteiger partial charge in [0.15, 0.2) is 0 Å². The van der Waals surface area contributed by atoms with Gasteiger partial charge < -0.3 is 25.3 Å². The van der Waals surface area contributed by atoms with Crippen molar-refractivity contribution in [2.45, 2.75) is 19.3 Å². The molecular formula is C11H25N3O3. The molecule has 3 N–H and O–H groups in total. The molecule has 6 heteroatoms. The monoisotopic (exact) mass is 247 g/mol. The number of hydrogen-bond donors (Lipinski definition) is 2. The van der Waals surface area contributed by atoms with Gasteiger partial charge in [0.1, 0.15) is 5.84 Å². The number of hydrogen-bond acceptors (Lipinski definition) is 5. The first kappa shape index (κ1) is 16.1. The average Bonchev–Trinajstić information content (AvgIpc) is 2.36. The molecular weight excluding hydrogens is 222 g/mol. The highest BCUT2D eigenvalue weighted by Gasteiger charge is 2.05. The van der Waals surface area contributed by atoms with Gasteiger partial charge in [-0.2, -0.15) is 0 Å². The summed E-state index contributed by atoms with van der Waals surface area (Å²) in [5, 5.41) is 11.4. The van der Waals surface area contributed by atoms with Crippen molar-refractivity contribution in [1.82, 2.24) is 4.90 Å². The second-order valence-corrected chi connectivity index (χ2v) is 3.88. The summed E-state index contributed by atoms with van der Waals surface area (Å²) in [5.41, 5.74) is 5.45. The van der Waals surface area contributed by atoms with Gasteiger partial charge in [-0.05, 0) is 19.4 Å². The van der Waals surface area contributed by atoms with Crippen LogP contribution < -0.4 is 5.73 Å². The number of methoxy groups -OCH3 is 2. The summed E-state index contributed by atoms with van der Waals surface area (Å²) in [5.74, 6) is 0.268. The topological polar surface area (TPSA) is 80.3 Å². The lowest BCUT2D eigenvalue weighted by atomic mass is 10.2. The molecule has 0 heterocycles. The standard InChI is InChI=1S/C11H25N3O3/c1-16-9-4-3-6-14(8-10-17-2)7-5-11(12)13-15/h15H,3-10H2,1-2H3,(H2,12,13). The molecule has 17 heavy (non-hydrogen) atoms. The summed E-state index contributed by atoms with van der Waals surface area (Å²) in [6, 6.07) is 0. The lowest BCUT2D eigenvalue weighted by Crippen LogP contribution is -2.32. The van der Waals surface area contributed by atoms with Crippen molar-refractivity contribution < 1.29 is 14.7 Å². The van der Waals surface area contributed by atoms with Gasteiger partial charge in [-0.1, -0.05) is 5.16 Å². The molecule has 0 aromatic carbocycles. The number of oxime groups is 1. The molecule has 102 valence electrons. The van der Waals surface area contributed by atoms with E-state index in [1.54, 1.807) is 14.2 Å². The van der Waals surface area contributed by atoms with Gasteiger partial charge >= 0.3 is 0 Å². The zero-order valence-electron chi connectivity index (χ0n) is 10.9. The van der Waals surface area contributed by atoms with Crippen molar-refractivity contribution >= 4 is 5.84 Å². The minimum Gasteiger partial charge on any atom is -0.409 e. The van der Waals surface area contributed by atoms with Gasteiger partial charge in [-0.15, -0.1) is 0 Å². The molecule has 0 rings (SSSR count). The van der Waals surface area contributed by atoms with Crippen LogP contribution >= 0.6 is 0 Å². The SMILES string of the molecule is COCCCCN(CCOC)CCC(N)=NO. The Kier molecular flexibility index (Phi) is 11.0. The number of nitrogens with zero attached hydrogens (tertiary/aromatic N) is 2. The third kappa shape index (κ3) is 10.0. The van der Waals surface area contributed by atoms with E-state index < -0.39 is 0 Å². The molecule has 0 saturated heterocycles. The lowest BCUT2D eigenvalue weighted by Gasteiger charge is -2.21. The van der Waals surface area contributed by atoms with Crippen molar-refractivity contribution in [3.05, 3.63) is 0 Å². The van der Waals surface area contributed by atoms with Gasteiger partial charge in [0.2, 0.25) is 0 Å². The van der Waals surface area contributed by atoms with Crippen LogP contribution in [0.2, 0.25) is 0 Å². The van der Waals surface area contributed by atoms with E-state index in [0.717, 1.165) is 39.1 Å². The third-order valence-corrected chi connectivity index (χ3v) is 2.50. The molecule has 0 spiro atoms. The number of ether oxygens (including phenoxy) is 2. The molecule has 0 radical (unpaired) electrons. The van der Waals surface area contributed by atoms with Crippen molar-refractivity contribution in [2.75, 3.05) is 47.1 Å². The maximum atomic E-state index is 8.47. The Balaban J connectivity index is 3.79. The fraction of sp³-hybridized carbons (Fsp3) is 0.909. The summed E-state index contributed by atoms with van der Waals surface area (Å²) >= 11 is 0. The predicted octanol–water partition coefficient (Wildman–Crippen LogP) is 0.498. The van der Waals surface area contributed by atoms with Gasteiger partial charge in [-0.25, -0.2) is 0 Å². The fourth-order valence-corrected chi connectivity index (χ4v) is 1.46. The minimum atomic E-state index is 0.268. The first-order valence-corrected chi connectivity index (χ1v) is 5.91. The van der Waals surface area contributed by atoms with E-state index in [4.69, 9.17) is 20.4 Å². The highest BCUT2D eigenvalue weighted by Crippen LogP contribution is 1.98. The zero-order chi connectivity index (χ0) is 12.9. The van der Waals surface area contributed by atoms with Gasteiger partial charge in [0.05, 0.1) is 6.61 Å². The van der Waals surface area contributed by atoms with Crippen LogP contribution in [-0.4, -0.2) is 63.0 Å². The third-order valence-electron chi connectivity index (χ3n) is 2.50. The second kappa shape index (κ2) is 11.6. The van der Waals surface area contributed by atoms with Crippen molar-refractivity contribution in [3.63, 3.8) is 0 Å². The van der Waals surface area contributed by atoms with Crippen LogP contribution in [0.15, 0.2) is 5.16 Å². The van der Waals surface area contributed by atoms with Crippen LogP contribution in [0, 0.1) is 0 Å². The Hall–Kier alpha value is -0.850. The molecule has 0 aliphatic rings. The van der Waals surface area contributed by atoms with Crippen LogP contribution in [-0.2, 0) is 9.47 Å². The Morgan fingerprint density at radius 2 is 1.82 bits per heavy atom. The molecule has 6 nitrogen and oxygen atoms in total. The van der Waals surface area contributed by atoms with Crippen molar-refractivity contribution in [2.24, 2.45) is 10.9 Å². The van der Waals surface area contributed by atoms with E-state index in [2.05, 4.69) is 10.1 Å². The Labute approximate surface area is 103 Å². The summed E-state index contributed by atoms with van der Waals surface area (Å²) < 4.78 is 10.1. The van der Waals surface area contributed by atoms with Crippen LogP contribution in [0.3, 0.4) is 0 Å². The smallest absolute Gasteiger partial charge is 0.140 e.